The predicted octanol–water partition coefficient (Wildman–Crippen LogP) is 2.55. The van der Waals surface area contributed by atoms with Gasteiger partial charge < -0.3 is 4.48 Å². The molecule has 1 aliphatic rings. The summed E-state index contributed by atoms with van der Waals surface area (Å²) in [6.07, 6.45) is 3.59. The number of nitrogens with zero attached hydrogens (tertiary/aromatic N) is 1. The van der Waals surface area contributed by atoms with Crippen molar-refractivity contribution >= 4 is 5.57 Å². The van der Waals surface area contributed by atoms with Gasteiger partial charge in [-0.2, -0.15) is 0 Å². The minimum absolute atomic E-state index is 1.12. The standard InChI is InChI=1S/C13H18N/c1-14(2)10-8-13(9-11-14)12-6-4-3-5-7-12/h3-8H,9-11H2,1-2H3/q+1. The summed E-state index contributed by atoms with van der Waals surface area (Å²) in [4.78, 5) is 0. The molecule has 0 unspecified atom stereocenters. The fraction of sp³-hybridized carbons (Fsp3) is 0.385. The van der Waals surface area contributed by atoms with E-state index in [1.54, 1.807) is 0 Å². The average molecular weight is 188 g/mol. The first-order valence-corrected chi connectivity index (χ1v) is 5.24. The highest BCUT2D eigenvalue weighted by Crippen LogP contribution is 2.23. The van der Waals surface area contributed by atoms with E-state index in [0.717, 1.165) is 11.0 Å². The van der Waals surface area contributed by atoms with Gasteiger partial charge in [-0.25, -0.2) is 0 Å². The van der Waals surface area contributed by atoms with Gasteiger partial charge >= 0.3 is 0 Å². The maximum atomic E-state index is 2.39. The lowest BCUT2D eigenvalue weighted by molar-refractivity contribution is -0.885. The molecule has 0 bridgehead atoms. The lowest BCUT2D eigenvalue weighted by Crippen LogP contribution is -2.42. The molecule has 0 fully saturated rings. The van der Waals surface area contributed by atoms with Gasteiger partial charge in [0.2, 0.25) is 0 Å². The molecule has 1 heteroatoms. The van der Waals surface area contributed by atoms with Crippen molar-refractivity contribution < 1.29 is 4.48 Å². The van der Waals surface area contributed by atoms with Crippen LogP contribution in [0.3, 0.4) is 0 Å². The Morgan fingerprint density at radius 3 is 2.36 bits per heavy atom. The Balaban J connectivity index is 2.19. The van der Waals surface area contributed by atoms with Gasteiger partial charge in [-0.15, -0.1) is 0 Å². The van der Waals surface area contributed by atoms with Crippen LogP contribution in [0.5, 0.6) is 0 Å². The molecule has 74 valence electrons. The zero-order chi connectivity index (χ0) is 10.0. The van der Waals surface area contributed by atoms with Crippen LogP contribution in [0.15, 0.2) is 36.4 Å². The highest BCUT2D eigenvalue weighted by Gasteiger charge is 2.19. The zero-order valence-electron chi connectivity index (χ0n) is 9.03. The molecule has 2 rings (SSSR count). The third-order valence-electron chi connectivity index (χ3n) is 2.96. The Labute approximate surface area is 86.3 Å². The van der Waals surface area contributed by atoms with Crippen molar-refractivity contribution in [2.75, 3.05) is 27.2 Å². The Bertz CT molecular complexity index is 336. The summed E-state index contributed by atoms with van der Waals surface area (Å²) in [5.41, 5.74) is 2.91. The maximum absolute atomic E-state index is 2.39. The molecule has 1 nitrogen and oxygen atoms in total. The van der Waals surface area contributed by atoms with E-state index in [2.05, 4.69) is 50.5 Å². The minimum atomic E-state index is 1.12. The summed E-state index contributed by atoms with van der Waals surface area (Å²) in [6.45, 7) is 2.41. The van der Waals surface area contributed by atoms with Crippen molar-refractivity contribution in [3.8, 4) is 0 Å². The Morgan fingerprint density at radius 1 is 1.07 bits per heavy atom. The van der Waals surface area contributed by atoms with Crippen LogP contribution in [0.25, 0.3) is 5.57 Å². The summed E-state index contributed by atoms with van der Waals surface area (Å²) in [7, 11) is 4.58. The second-order valence-corrected chi connectivity index (χ2v) is 4.69. The topological polar surface area (TPSA) is 0 Å². The van der Waals surface area contributed by atoms with Crippen LogP contribution in [0, 0.1) is 0 Å². The van der Waals surface area contributed by atoms with Gasteiger partial charge in [0, 0.05) is 6.42 Å². The zero-order valence-corrected chi connectivity index (χ0v) is 9.03. The second-order valence-electron chi connectivity index (χ2n) is 4.69. The first-order valence-electron chi connectivity index (χ1n) is 5.24. The largest absolute Gasteiger partial charge is 0.325 e. The van der Waals surface area contributed by atoms with Crippen LogP contribution in [-0.2, 0) is 0 Å². The van der Waals surface area contributed by atoms with Crippen molar-refractivity contribution in [2.45, 2.75) is 6.42 Å². The van der Waals surface area contributed by atoms with Gasteiger partial charge in [-0.3, -0.25) is 0 Å². The molecular formula is C13H18N+. The van der Waals surface area contributed by atoms with Gasteiger partial charge in [0.25, 0.3) is 0 Å². The molecular weight excluding hydrogens is 170 g/mol. The van der Waals surface area contributed by atoms with E-state index < -0.39 is 0 Å². The highest BCUT2D eigenvalue weighted by atomic mass is 15.3. The maximum Gasteiger partial charge on any atom is 0.0975 e. The summed E-state index contributed by atoms with van der Waals surface area (Å²) in [5.74, 6) is 0. The number of benzene rings is 1. The lowest BCUT2D eigenvalue weighted by atomic mass is 9.99. The molecule has 0 spiro atoms. The smallest absolute Gasteiger partial charge is 0.0975 e. The van der Waals surface area contributed by atoms with Crippen LogP contribution in [-0.4, -0.2) is 31.7 Å². The third kappa shape index (κ3) is 2.05. The van der Waals surface area contributed by atoms with Gasteiger partial charge in [0.1, 0.15) is 0 Å². The monoisotopic (exact) mass is 188 g/mol. The Morgan fingerprint density at radius 2 is 1.79 bits per heavy atom. The lowest BCUT2D eigenvalue weighted by Gasteiger charge is -2.32. The summed E-state index contributed by atoms with van der Waals surface area (Å²) >= 11 is 0. The van der Waals surface area contributed by atoms with Crippen LogP contribution in [0.4, 0.5) is 0 Å². The van der Waals surface area contributed by atoms with E-state index in [1.807, 2.05) is 0 Å². The summed E-state index contributed by atoms with van der Waals surface area (Å²) in [5, 5.41) is 0. The van der Waals surface area contributed by atoms with Crippen molar-refractivity contribution in [3.05, 3.63) is 42.0 Å². The molecule has 0 saturated carbocycles. The fourth-order valence-corrected chi connectivity index (χ4v) is 1.89. The van der Waals surface area contributed by atoms with E-state index in [4.69, 9.17) is 0 Å². The van der Waals surface area contributed by atoms with E-state index in [9.17, 15) is 0 Å². The molecule has 1 aromatic rings. The molecule has 0 amide bonds. The number of hydrogen-bond donors (Lipinski definition) is 0. The van der Waals surface area contributed by atoms with E-state index in [-0.39, 0.29) is 0 Å². The Kier molecular flexibility index (Phi) is 2.42. The number of likely N-dealkylation sites (N-methyl/N-ethyl adjacent to an activating group) is 1. The van der Waals surface area contributed by atoms with Crippen molar-refractivity contribution in [2.24, 2.45) is 0 Å². The van der Waals surface area contributed by atoms with Gasteiger partial charge in [-0.1, -0.05) is 30.3 Å². The third-order valence-corrected chi connectivity index (χ3v) is 2.96. The van der Waals surface area contributed by atoms with Crippen LogP contribution < -0.4 is 0 Å². The van der Waals surface area contributed by atoms with Crippen molar-refractivity contribution in [3.63, 3.8) is 0 Å². The summed E-state index contributed by atoms with van der Waals surface area (Å²) < 4.78 is 1.12. The molecule has 0 radical (unpaired) electrons. The van der Waals surface area contributed by atoms with Crippen molar-refractivity contribution in [1.82, 2.24) is 0 Å². The van der Waals surface area contributed by atoms with Gasteiger partial charge in [0.15, 0.2) is 0 Å². The fourth-order valence-electron chi connectivity index (χ4n) is 1.89. The normalized spacial score (nSPS) is 20.3. The molecule has 14 heavy (non-hydrogen) atoms. The number of rotatable bonds is 1. The molecule has 0 atom stereocenters. The van der Waals surface area contributed by atoms with E-state index >= 15 is 0 Å². The van der Waals surface area contributed by atoms with Crippen LogP contribution >= 0.6 is 0 Å². The highest BCUT2D eigenvalue weighted by molar-refractivity contribution is 5.65. The summed E-state index contributed by atoms with van der Waals surface area (Å²) in [6, 6.07) is 10.7. The predicted molar refractivity (Wildman–Crippen MR) is 60.9 cm³/mol. The average Bonchev–Trinajstić information content (AvgIpc) is 2.19. The van der Waals surface area contributed by atoms with Gasteiger partial charge in [0.05, 0.1) is 27.2 Å². The number of hydrogen-bond acceptors (Lipinski definition) is 0. The Hall–Kier alpha value is -1.08. The van der Waals surface area contributed by atoms with E-state index in [1.165, 1.54) is 24.1 Å². The first kappa shape index (κ1) is 9.47. The molecule has 0 N–H and O–H groups in total. The van der Waals surface area contributed by atoms with Crippen LogP contribution in [0.2, 0.25) is 0 Å². The van der Waals surface area contributed by atoms with Crippen LogP contribution in [0.1, 0.15) is 12.0 Å². The SMILES string of the molecule is C[N+]1(C)CC=C(c2ccccc2)CC1. The molecule has 1 heterocycles. The molecule has 0 aromatic heterocycles. The minimum Gasteiger partial charge on any atom is -0.325 e. The van der Waals surface area contributed by atoms with Gasteiger partial charge in [-0.05, 0) is 17.2 Å². The molecule has 1 aliphatic heterocycles. The molecule has 0 aliphatic carbocycles. The first-order chi connectivity index (χ1) is 6.67. The van der Waals surface area contributed by atoms with Crippen molar-refractivity contribution in [1.29, 1.82) is 0 Å². The quantitative estimate of drug-likeness (QED) is 0.594. The number of quaternary nitrogens is 1. The second kappa shape index (κ2) is 3.58. The van der Waals surface area contributed by atoms with E-state index in [0.29, 0.717) is 0 Å². The molecule has 1 aromatic carbocycles. The molecule has 0 saturated heterocycles.